The number of hydrogen-bond acceptors (Lipinski definition) is 5. The summed E-state index contributed by atoms with van der Waals surface area (Å²) in [6.07, 6.45) is 0.301. The highest BCUT2D eigenvalue weighted by atomic mass is 19.1. The summed E-state index contributed by atoms with van der Waals surface area (Å²) in [5.41, 5.74) is 1.97. The van der Waals surface area contributed by atoms with Gasteiger partial charge in [-0.05, 0) is 42.0 Å². The molecule has 0 radical (unpaired) electrons. The van der Waals surface area contributed by atoms with Crippen LogP contribution in [0.5, 0.6) is 0 Å². The van der Waals surface area contributed by atoms with Crippen molar-refractivity contribution >= 4 is 23.2 Å². The summed E-state index contributed by atoms with van der Waals surface area (Å²) in [6, 6.07) is 19.8. The van der Waals surface area contributed by atoms with E-state index in [1.54, 1.807) is 18.2 Å². The second kappa shape index (κ2) is 8.68. The minimum Gasteiger partial charge on any atom is -0.368 e. The summed E-state index contributed by atoms with van der Waals surface area (Å²) in [4.78, 5) is 16.5. The third kappa shape index (κ3) is 4.87. The van der Waals surface area contributed by atoms with Crippen molar-refractivity contribution in [3.05, 3.63) is 78.1 Å². The Bertz CT molecular complexity index is 939. The predicted molar refractivity (Wildman–Crippen MR) is 112 cm³/mol. The van der Waals surface area contributed by atoms with Crippen LogP contribution in [0.4, 0.5) is 21.7 Å². The van der Waals surface area contributed by atoms with Crippen molar-refractivity contribution in [1.29, 1.82) is 0 Å². The van der Waals surface area contributed by atoms with Gasteiger partial charge in [-0.15, -0.1) is 10.2 Å². The zero-order valence-corrected chi connectivity index (χ0v) is 16.0. The molecule has 148 valence electrons. The van der Waals surface area contributed by atoms with Crippen LogP contribution in [0.1, 0.15) is 5.56 Å². The smallest absolute Gasteiger partial charge is 0.229 e. The molecule has 29 heavy (non-hydrogen) atoms. The molecule has 1 aliphatic heterocycles. The number of rotatable bonds is 5. The van der Waals surface area contributed by atoms with Crippen molar-refractivity contribution in [3.63, 3.8) is 0 Å². The number of nitrogens with one attached hydrogen (secondary N) is 1. The second-order valence-corrected chi connectivity index (χ2v) is 6.94. The number of piperazine rings is 1. The summed E-state index contributed by atoms with van der Waals surface area (Å²) >= 11 is 0. The van der Waals surface area contributed by atoms with E-state index >= 15 is 0 Å². The maximum absolute atomic E-state index is 13.1. The van der Waals surface area contributed by atoms with Gasteiger partial charge in [-0.1, -0.05) is 30.3 Å². The molecule has 1 amide bonds. The van der Waals surface area contributed by atoms with Crippen LogP contribution in [0, 0.1) is 5.82 Å². The SMILES string of the molecule is O=C(Cc1ccccc1)Nc1ccc(N2CCN(c3ccc(F)cc3)CC2)nn1. The Hall–Kier alpha value is -3.48. The zero-order chi connectivity index (χ0) is 20.1. The number of carbonyl (C=O) groups excluding carboxylic acids is 1. The molecule has 0 spiro atoms. The fourth-order valence-electron chi connectivity index (χ4n) is 3.37. The van der Waals surface area contributed by atoms with E-state index in [0.717, 1.165) is 43.2 Å². The molecular formula is C22H22FN5O. The minimum absolute atomic E-state index is 0.119. The first-order valence-electron chi connectivity index (χ1n) is 9.60. The summed E-state index contributed by atoms with van der Waals surface area (Å²) in [6.45, 7) is 3.24. The Morgan fingerprint density at radius 1 is 0.862 bits per heavy atom. The summed E-state index contributed by atoms with van der Waals surface area (Å²) in [7, 11) is 0. The minimum atomic E-state index is -0.224. The van der Waals surface area contributed by atoms with Crippen LogP contribution >= 0.6 is 0 Å². The molecule has 1 saturated heterocycles. The second-order valence-electron chi connectivity index (χ2n) is 6.94. The fourth-order valence-corrected chi connectivity index (χ4v) is 3.37. The lowest BCUT2D eigenvalue weighted by Gasteiger charge is -2.36. The third-order valence-corrected chi connectivity index (χ3v) is 4.92. The number of amides is 1. The Balaban J connectivity index is 1.30. The highest BCUT2D eigenvalue weighted by Gasteiger charge is 2.19. The molecule has 0 bridgehead atoms. The molecule has 2 heterocycles. The van der Waals surface area contributed by atoms with Gasteiger partial charge >= 0.3 is 0 Å². The predicted octanol–water partition coefficient (Wildman–Crippen LogP) is 3.12. The Kier molecular flexibility index (Phi) is 5.65. The average molecular weight is 391 g/mol. The van der Waals surface area contributed by atoms with E-state index in [1.165, 1.54) is 12.1 Å². The van der Waals surface area contributed by atoms with Crippen LogP contribution < -0.4 is 15.1 Å². The Morgan fingerprint density at radius 3 is 2.21 bits per heavy atom. The van der Waals surface area contributed by atoms with Gasteiger partial charge in [0.25, 0.3) is 0 Å². The normalized spacial score (nSPS) is 14.0. The van der Waals surface area contributed by atoms with E-state index in [0.29, 0.717) is 12.2 Å². The molecule has 0 atom stereocenters. The van der Waals surface area contributed by atoms with Crippen molar-refractivity contribution in [3.8, 4) is 0 Å². The van der Waals surface area contributed by atoms with Crippen LogP contribution in [0.15, 0.2) is 66.7 Å². The summed E-state index contributed by atoms with van der Waals surface area (Å²) in [5, 5.41) is 11.2. The lowest BCUT2D eigenvalue weighted by molar-refractivity contribution is -0.115. The van der Waals surface area contributed by atoms with Gasteiger partial charge in [0.15, 0.2) is 11.6 Å². The Morgan fingerprint density at radius 2 is 1.55 bits per heavy atom. The van der Waals surface area contributed by atoms with Gasteiger partial charge < -0.3 is 15.1 Å². The van der Waals surface area contributed by atoms with E-state index in [4.69, 9.17) is 0 Å². The molecule has 1 aliphatic rings. The molecule has 1 N–H and O–H groups in total. The van der Waals surface area contributed by atoms with Crippen molar-refractivity contribution in [2.24, 2.45) is 0 Å². The van der Waals surface area contributed by atoms with Crippen LogP contribution in [0.3, 0.4) is 0 Å². The van der Waals surface area contributed by atoms with Gasteiger partial charge in [-0.3, -0.25) is 4.79 Å². The lowest BCUT2D eigenvalue weighted by atomic mass is 10.1. The molecule has 0 saturated carbocycles. The Labute approximate surface area is 169 Å². The van der Waals surface area contributed by atoms with E-state index in [9.17, 15) is 9.18 Å². The van der Waals surface area contributed by atoms with Crippen LogP contribution in [0.25, 0.3) is 0 Å². The largest absolute Gasteiger partial charge is 0.368 e. The van der Waals surface area contributed by atoms with Crippen LogP contribution in [-0.2, 0) is 11.2 Å². The molecule has 2 aromatic carbocycles. The average Bonchev–Trinajstić information content (AvgIpc) is 2.76. The molecule has 1 aromatic heterocycles. The first-order chi connectivity index (χ1) is 14.2. The highest BCUT2D eigenvalue weighted by molar-refractivity contribution is 5.91. The standard InChI is InChI=1S/C22H22FN5O/c23-18-6-8-19(9-7-18)27-12-14-28(15-13-27)21-11-10-20(25-26-21)24-22(29)16-17-4-2-1-3-5-17/h1-11H,12-16H2,(H,24,25,29). The highest BCUT2D eigenvalue weighted by Crippen LogP contribution is 2.20. The number of carbonyl (C=O) groups is 1. The van der Waals surface area contributed by atoms with Crippen molar-refractivity contribution in [2.75, 3.05) is 41.3 Å². The number of benzene rings is 2. The van der Waals surface area contributed by atoms with Crippen LogP contribution in [0.2, 0.25) is 0 Å². The molecule has 4 rings (SSSR count). The molecule has 6 nitrogen and oxygen atoms in total. The molecule has 3 aromatic rings. The van der Waals surface area contributed by atoms with Gasteiger partial charge in [-0.2, -0.15) is 0 Å². The number of nitrogens with zero attached hydrogens (tertiary/aromatic N) is 4. The van der Waals surface area contributed by atoms with Crippen molar-refractivity contribution in [1.82, 2.24) is 10.2 Å². The number of hydrogen-bond donors (Lipinski definition) is 1. The first-order valence-corrected chi connectivity index (χ1v) is 9.60. The molecule has 1 fully saturated rings. The third-order valence-electron chi connectivity index (χ3n) is 4.92. The van der Waals surface area contributed by atoms with E-state index in [1.807, 2.05) is 36.4 Å². The summed E-state index contributed by atoms with van der Waals surface area (Å²) in [5.74, 6) is 0.884. The van der Waals surface area contributed by atoms with Gasteiger partial charge in [0, 0.05) is 31.9 Å². The lowest BCUT2D eigenvalue weighted by Crippen LogP contribution is -2.46. The molecule has 0 unspecified atom stereocenters. The monoisotopic (exact) mass is 391 g/mol. The van der Waals surface area contributed by atoms with E-state index in [2.05, 4.69) is 25.3 Å². The van der Waals surface area contributed by atoms with Crippen LogP contribution in [-0.4, -0.2) is 42.3 Å². The molecule has 0 aliphatic carbocycles. The fraction of sp³-hybridized carbons (Fsp3) is 0.227. The van der Waals surface area contributed by atoms with Gasteiger partial charge in [-0.25, -0.2) is 4.39 Å². The van der Waals surface area contributed by atoms with Gasteiger partial charge in [0.1, 0.15) is 5.82 Å². The quantitative estimate of drug-likeness (QED) is 0.724. The van der Waals surface area contributed by atoms with Crippen molar-refractivity contribution < 1.29 is 9.18 Å². The molecular weight excluding hydrogens is 369 g/mol. The topological polar surface area (TPSA) is 61.4 Å². The van der Waals surface area contributed by atoms with Gasteiger partial charge in [0.2, 0.25) is 5.91 Å². The maximum Gasteiger partial charge on any atom is 0.229 e. The van der Waals surface area contributed by atoms with Crippen molar-refractivity contribution in [2.45, 2.75) is 6.42 Å². The summed E-state index contributed by atoms with van der Waals surface area (Å²) < 4.78 is 13.1. The number of halogens is 1. The maximum atomic E-state index is 13.1. The van der Waals surface area contributed by atoms with Gasteiger partial charge in [0.05, 0.1) is 6.42 Å². The molecule has 7 heteroatoms. The van der Waals surface area contributed by atoms with E-state index < -0.39 is 0 Å². The number of anilines is 3. The van der Waals surface area contributed by atoms with E-state index in [-0.39, 0.29) is 11.7 Å². The number of aromatic nitrogens is 2. The zero-order valence-electron chi connectivity index (χ0n) is 16.0. The first kappa shape index (κ1) is 18.9.